The van der Waals surface area contributed by atoms with E-state index in [1.807, 2.05) is 42.5 Å². The Morgan fingerprint density at radius 1 is 1.09 bits per heavy atom. The highest BCUT2D eigenvalue weighted by Gasteiger charge is 2.15. The minimum absolute atomic E-state index is 0.304. The Morgan fingerprint density at radius 2 is 1.83 bits per heavy atom. The van der Waals surface area contributed by atoms with Crippen molar-refractivity contribution < 1.29 is 14.6 Å². The van der Waals surface area contributed by atoms with E-state index in [4.69, 9.17) is 21.7 Å². The topological polar surface area (TPSA) is 62.8 Å². The van der Waals surface area contributed by atoms with Crippen molar-refractivity contribution in [2.45, 2.75) is 6.10 Å². The molecule has 5 nitrogen and oxygen atoms in total. The molecule has 3 N–H and O–H groups in total. The van der Waals surface area contributed by atoms with Crippen LogP contribution in [0.3, 0.4) is 0 Å². The molecule has 0 spiro atoms. The normalized spacial score (nSPS) is 14.0. The van der Waals surface area contributed by atoms with Crippen LogP contribution in [0.1, 0.15) is 11.7 Å². The average Bonchev–Trinajstić information content (AvgIpc) is 2.60. The number of anilines is 1. The van der Waals surface area contributed by atoms with Gasteiger partial charge in [-0.2, -0.15) is 0 Å². The number of fused-ring (bicyclic) bond motifs is 1. The van der Waals surface area contributed by atoms with Crippen molar-refractivity contribution >= 4 is 23.0 Å². The number of thiocarbonyl (C=S) groups is 1. The second-order valence-corrected chi connectivity index (χ2v) is 5.53. The van der Waals surface area contributed by atoms with E-state index in [9.17, 15) is 5.11 Å². The van der Waals surface area contributed by atoms with Crippen LogP contribution in [0, 0.1) is 0 Å². The van der Waals surface area contributed by atoms with Gasteiger partial charge in [-0.25, -0.2) is 0 Å². The summed E-state index contributed by atoms with van der Waals surface area (Å²) >= 11 is 5.22. The zero-order valence-electron chi connectivity index (χ0n) is 12.5. The number of hydrogen-bond donors (Lipinski definition) is 3. The molecule has 0 fully saturated rings. The highest BCUT2D eigenvalue weighted by atomic mass is 32.1. The summed E-state index contributed by atoms with van der Waals surface area (Å²) < 4.78 is 11.0. The third-order valence-electron chi connectivity index (χ3n) is 3.44. The standard InChI is InChI=1S/C17H18N2O3S/c20-14(11-18-17(23)19-13-4-2-1-3-5-13)12-6-7-15-16(10-12)22-9-8-21-15/h1-7,10,14,20H,8-9,11H2,(H2,18,19,23). The van der Waals surface area contributed by atoms with Gasteiger partial charge in [0.05, 0.1) is 6.10 Å². The van der Waals surface area contributed by atoms with Crippen LogP contribution < -0.4 is 20.1 Å². The summed E-state index contributed by atoms with van der Waals surface area (Å²) in [7, 11) is 0. The van der Waals surface area contributed by atoms with Crippen LogP contribution in [0.25, 0.3) is 0 Å². The van der Waals surface area contributed by atoms with Crippen LogP contribution in [0.4, 0.5) is 5.69 Å². The van der Waals surface area contributed by atoms with E-state index < -0.39 is 6.10 Å². The predicted octanol–water partition coefficient (Wildman–Crippen LogP) is 2.48. The van der Waals surface area contributed by atoms with Crippen molar-refractivity contribution in [2.75, 3.05) is 25.1 Å². The lowest BCUT2D eigenvalue weighted by atomic mass is 10.1. The molecule has 3 rings (SSSR count). The SMILES string of the molecule is OC(CNC(=S)Nc1ccccc1)c1ccc2c(c1)OCCO2. The molecular weight excluding hydrogens is 312 g/mol. The van der Waals surface area contributed by atoms with Crippen LogP contribution in [0.2, 0.25) is 0 Å². The maximum absolute atomic E-state index is 10.3. The lowest BCUT2D eigenvalue weighted by molar-refractivity contribution is 0.165. The van der Waals surface area contributed by atoms with Gasteiger partial charge in [-0.1, -0.05) is 24.3 Å². The fraction of sp³-hybridized carbons (Fsp3) is 0.235. The van der Waals surface area contributed by atoms with Gasteiger partial charge in [-0.3, -0.25) is 0 Å². The lowest BCUT2D eigenvalue weighted by Gasteiger charge is -2.20. The molecule has 0 radical (unpaired) electrons. The van der Waals surface area contributed by atoms with Gasteiger partial charge in [-0.05, 0) is 42.0 Å². The Bertz CT molecular complexity index is 679. The van der Waals surface area contributed by atoms with E-state index in [2.05, 4.69) is 10.6 Å². The molecule has 2 aromatic rings. The Kier molecular flexibility index (Phi) is 4.95. The zero-order valence-corrected chi connectivity index (χ0v) is 13.3. The molecule has 120 valence electrons. The van der Waals surface area contributed by atoms with Crippen LogP contribution in [0.15, 0.2) is 48.5 Å². The molecule has 0 aromatic heterocycles. The second-order valence-electron chi connectivity index (χ2n) is 5.12. The lowest BCUT2D eigenvalue weighted by Crippen LogP contribution is -2.32. The van der Waals surface area contributed by atoms with Gasteiger partial charge < -0.3 is 25.2 Å². The molecule has 0 saturated carbocycles. The molecule has 23 heavy (non-hydrogen) atoms. The monoisotopic (exact) mass is 330 g/mol. The van der Waals surface area contributed by atoms with Crippen molar-refractivity contribution in [1.82, 2.24) is 5.32 Å². The number of aliphatic hydroxyl groups is 1. The molecule has 0 bridgehead atoms. The molecule has 0 saturated heterocycles. The summed E-state index contributed by atoms with van der Waals surface area (Å²) in [4.78, 5) is 0. The molecular formula is C17H18N2O3S. The summed E-state index contributed by atoms with van der Waals surface area (Å²) in [5.41, 5.74) is 1.66. The highest BCUT2D eigenvalue weighted by molar-refractivity contribution is 7.80. The van der Waals surface area contributed by atoms with E-state index in [1.165, 1.54) is 0 Å². The molecule has 1 heterocycles. The van der Waals surface area contributed by atoms with Crippen molar-refractivity contribution in [1.29, 1.82) is 0 Å². The highest BCUT2D eigenvalue weighted by Crippen LogP contribution is 2.32. The summed E-state index contributed by atoms with van der Waals surface area (Å²) in [5, 5.41) is 16.8. The van der Waals surface area contributed by atoms with E-state index in [0.717, 1.165) is 11.3 Å². The summed E-state index contributed by atoms with van der Waals surface area (Å²) in [6, 6.07) is 15.1. The third kappa shape index (κ3) is 4.12. The van der Waals surface area contributed by atoms with Crippen molar-refractivity contribution in [2.24, 2.45) is 0 Å². The Labute approximate surface area is 140 Å². The van der Waals surface area contributed by atoms with Crippen molar-refractivity contribution in [3.8, 4) is 11.5 Å². The maximum atomic E-state index is 10.3. The number of aliphatic hydroxyl groups excluding tert-OH is 1. The van der Waals surface area contributed by atoms with Crippen LogP contribution in [-0.2, 0) is 0 Å². The van der Waals surface area contributed by atoms with Crippen molar-refractivity contribution in [3.63, 3.8) is 0 Å². The maximum Gasteiger partial charge on any atom is 0.170 e. The van der Waals surface area contributed by atoms with E-state index in [1.54, 1.807) is 6.07 Å². The number of benzene rings is 2. The molecule has 0 amide bonds. The van der Waals surface area contributed by atoms with Crippen LogP contribution in [0.5, 0.6) is 11.5 Å². The van der Waals surface area contributed by atoms with Gasteiger partial charge in [0.1, 0.15) is 13.2 Å². The summed E-state index contributed by atoms with van der Waals surface area (Å²) in [6.07, 6.45) is -0.693. The molecule has 1 atom stereocenters. The Balaban J connectivity index is 1.54. The first-order chi connectivity index (χ1) is 11.2. The van der Waals surface area contributed by atoms with Crippen LogP contribution >= 0.6 is 12.2 Å². The molecule has 6 heteroatoms. The second kappa shape index (κ2) is 7.30. The van der Waals surface area contributed by atoms with Crippen molar-refractivity contribution in [3.05, 3.63) is 54.1 Å². The first kappa shape index (κ1) is 15.6. The minimum Gasteiger partial charge on any atom is -0.486 e. The smallest absolute Gasteiger partial charge is 0.170 e. The van der Waals surface area contributed by atoms with Gasteiger partial charge in [-0.15, -0.1) is 0 Å². The average molecular weight is 330 g/mol. The predicted molar refractivity (Wildman–Crippen MR) is 93.1 cm³/mol. The summed E-state index contributed by atoms with van der Waals surface area (Å²) in [6.45, 7) is 1.38. The first-order valence-electron chi connectivity index (χ1n) is 7.40. The quantitative estimate of drug-likeness (QED) is 0.749. The van der Waals surface area contributed by atoms with Gasteiger partial charge in [0.25, 0.3) is 0 Å². The molecule has 2 aromatic carbocycles. The fourth-order valence-electron chi connectivity index (χ4n) is 2.27. The Morgan fingerprint density at radius 3 is 2.61 bits per heavy atom. The molecule has 1 aliphatic rings. The van der Waals surface area contributed by atoms with Crippen LogP contribution in [-0.4, -0.2) is 30.0 Å². The molecule has 1 unspecified atom stereocenters. The van der Waals surface area contributed by atoms with Gasteiger partial charge in [0.2, 0.25) is 0 Å². The number of rotatable bonds is 4. The summed E-state index contributed by atoms with van der Waals surface area (Å²) in [5.74, 6) is 1.37. The van der Waals surface area contributed by atoms with E-state index >= 15 is 0 Å². The largest absolute Gasteiger partial charge is 0.486 e. The number of ether oxygens (including phenoxy) is 2. The minimum atomic E-state index is -0.693. The first-order valence-corrected chi connectivity index (χ1v) is 7.81. The fourth-order valence-corrected chi connectivity index (χ4v) is 2.47. The van der Waals surface area contributed by atoms with Gasteiger partial charge in [0, 0.05) is 12.2 Å². The molecule has 1 aliphatic heterocycles. The Hall–Kier alpha value is -2.31. The van der Waals surface area contributed by atoms with Gasteiger partial charge >= 0.3 is 0 Å². The van der Waals surface area contributed by atoms with E-state index in [-0.39, 0.29) is 0 Å². The number of hydrogen-bond acceptors (Lipinski definition) is 4. The number of nitrogens with one attached hydrogen (secondary N) is 2. The number of para-hydroxylation sites is 1. The van der Waals surface area contributed by atoms with Gasteiger partial charge in [0.15, 0.2) is 16.6 Å². The zero-order chi connectivity index (χ0) is 16.1. The van der Waals surface area contributed by atoms with E-state index in [0.29, 0.717) is 36.4 Å². The third-order valence-corrected chi connectivity index (χ3v) is 3.69. The molecule has 0 aliphatic carbocycles.